The van der Waals surface area contributed by atoms with Crippen molar-refractivity contribution < 1.29 is 9.72 Å². The van der Waals surface area contributed by atoms with Crippen molar-refractivity contribution in [2.45, 2.75) is 0 Å². The van der Waals surface area contributed by atoms with Crippen molar-refractivity contribution >= 4 is 56.0 Å². The number of H-pyrrole nitrogens is 1. The summed E-state index contributed by atoms with van der Waals surface area (Å²) in [5.41, 5.74) is 6.40. The molecule has 5 aromatic rings. The summed E-state index contributed by atoms with van der Waals surface area (Å²) in [4.78, 5) is 28.6. The number of amides is 1. The molecule has 0 saturated carbocycles. The van der Waals surface area contributed by atoms with E-state index in [0.717, 1.165) is 41.8 Å². The van der Waals surface area contributed by atoms with Gasteiger partial charge in [-0.05, 0) is 41.5 Å². The minimum atomic E-state index is -0.415. The van der Waals surface area contributed by atoms with Crippen LogP contribution in [0.1, 0.15) is 15.4 Å². The van der Waals surface area contributed by atoms with Gasteiger partial charge in [-0.1, -0.05) is 58.4 Å². The fourth-order valence-corrected chi connectivity index (χ4v) is 5.04. The number of hydrogen-bond donors (Lipinski definition) is 2. The molecule has 0 aliphatic rings. The fraction of sp³-hybridized carbons (Fsp3) is 0. The number of nitrogens with one attached hydrogen (secondary N) is 2. The number of non-ortho nitro benzene ring substituents is 1. The number of nitro groups is 1. The van der Waals surface area contributed by atoms with Gasteiger partial charge in [-0.25, -0.2) is 5.43 Å². The molecule has 7 nitrogen and oxygen atoms in total. The Labute approximate surface area is 212 Å². The summed E-state index contributed by atoms with van der Waals surface area (Å²) >= 11 is 4.94. The van der Waals surface area contributed by atoms with E-state index >= 15 is 0 Å². The maximum absolute atomic E-state index is 13.1. The fourth-order valence-electron chi connectivity index (χ4n) is 3.80. The number of benzene rings is 3. The number of carbonyl (C=O) groups is 1. The predicted octanol–water partition coefficient (Wildman–Crippen LogP) is 7.00. The van der Waals surface area contributed by atoms with Gasteiger partial charge in [-0.2, -0.15) is 5.10 Å². The number of aromatic nitrogens is 1. The molecule has 0 spiro atoms. The zero-order chi connectivity index (χ0) is 24.4. The monoisotopic (exact) mass is 544 g/mol. The number of hydrazone groups is 1. The van der Waals surface area contributed by atoms with E-state index in [1.54, 1.807) is 12.3 Å². The number of fused-ring (bicyclic) bond motifs is 1. The molecule has 0 atom stereocenters. The largest absolute Gasteiger partial charge is 0.350 e. The minimum absolute atomic E-state index is 0.0398. The zero-order valence-electron chi connectivity index (χ0n) is 18.1. The van der Waals surface area contributed by atoms with Crippen LogP contribution in [0, 0.1) is 10.1 Å². The van der Waals surface area contributed by atoms with Gasteiger partial charge in [-0.3, -0.25) is 14.9 Å². The first-order chi connectivity index (χ1) is 17.0. The van der Waals surface area contributed by atoms with Crippen molar-refractivity contribution in [3.8, 4) is 21.6 Å². The molecule has 1 amide bonds. The van der Waals surface area contributed by atoms with Crippen molar-refractivity contribution in [3.05, 3.63) is 110 Å². The zero-order valence-corrected chi connectivity index (χ0v) is 20.5. The Morgan fingerprint density at radius 3 is 2.60 bits per heavy atom. The number of carbonyl (C=O) groups excluding carboxylic acids is 1. The average Bonchev–Trinajstić information content (AvgIpc) is 3.49. The van der Waals surface area contributed by atoms with Crippen LogP contribution in [0.3, 0.4) is 0 Å². The molecule has 2 heterocycles. The van der Waals surface area contributed by atoms with Crippen molar-refractivity contribution in [3.63, 3.8) is 0 Å². The summed E-state index contributed by atoms with van der Waals surface area (Å²) in [5, 5.41) is 16.1. The molecule has 5 rings (SSSR count). The number of halogens is 1. The Hall–Kier alpha value is -4.08. The van der Waals surface area contributed by atoms with Crippen LogP contribution in [0.4, 0.5) is 5.69 Å². The molecular formula is C26H17BrN4O3S. The second-order valence-corrected chi connectivity index (χ2v) is 9.67. The highest BCUT2D eigenvalue weighted by Crippen LogP contribution is 2.34. The minimum Gasteiger partial charge on any atom is -0.350 e. The first kappa shape index (κ1) is 22.7. The van der Waals surface area contributed by atoms with Crippen molar-refractivity contribution in [2.75, 3.05) is 0 Å². The standard InChI is InChI=1S/C26H17BrN4O3S/c27-18-9-11-22-21(14-18)24(16-5-2-1-3-6-16)25(29-22)26(32)30-28-15-20-10-12-23(35-20)17-7-4-8-19(13-17)31(33)34/h1-15,29H,(H,30,32)/b28-15+. The Bertz CT molecular complexity index is 1590. The van der Waals surface area contributed by atoms with E-state index in [2.05, 4.69) is 31.4 Å². The lowest BCUT2D eigenvalue weighted by Gasteiger charge is -2.04. The van der Waals surface area contributed by atoms with Gasteiger partial charge in [0.1, 0.15) is 5.69 Å². The summed E-state index contributed by atoms with van der Waals surface area (Å²) in [6.07, 6.45) is 1.56. The number of nitro benzene ring substituents is 1. The smallest absolute Gasteiger partial charge is 0.288 e. The summed E-state index contributed by atoms with van der Waals surface area (Å²) in [6.45, 7) is 0. The Morgan fingerprint density at radius 1 is 1.00 bits per heavy atom. The average molecular weight is 545 g/mol. The SMILES string of the molecule is O=C(N/N=C/c1ccc(-c2cccc([N+](=O)[O-])c2)s1)c1[nH]c2ccc(Br)cc2c1-c1ccccc1. The molecule has 0 saturated heterocycles. The lowest BCUT2D eigenvalue weighted by atomic mass is 10.0. The summed E-state index contributed by atoms with van der Waals surface area (Å²) in [7, 11) is 0. The van der Waals surface area contributed by atoms with Crippen molar-refractivity contribution in [1.29, 1.82) is 0 Å². The van der Waals surface area contributed by atoms with E-state index in [1.807, 2.05) is 66.7 Å². The Morgan fingerprint density at radius 2 is 1.80 bits per heavy atom. The molecule has 0 radical (unpaired) electrons. The van der Waals surface area contributed by atoms with E-state index in [9.17, 15) is 14.9 Å². The third-order valence-electron chi connectivity index (χ3n) is 5.38. The summed E-state index contributed by atoms with van der Waals surface area (Å²) < 4.78 is 0.920. The molecule has 0 fully saturated rings. The van der Waals surface area contributed by atoms with Crippen LogP contribution >= 0.6 is 27.3 Å². The molecule has 0 aliphatic carbocycles. The van der Waals surface area contributed by atoms with E-state index in [0.29, 0.717) is 5.69 Å². The van der Waals surface area contributed by atoms with Crippen molar-refractivity contribution in [2.24, 2.45) is 5.10 Å². The van der Waals surface area contributed by atoms with Gasteiger partial charge in [0, 0.05) is 42.8 Å². The molecule has 2 N–H and O–H groups in total. The van der Waals surface area contributed by atoms with Crippen LogP contribution < -0.4 is 5.43 Å². The molecule has 172 valence electrons. The van der Waals surface area contributed by atoms with Crippen LogP contribution in [0.5, 0.6) is 0 Å². The maximum atomic E-state index is 13.1. The third-order valence-corrected chi connectivity index (χ3v) is 6.94. The number of rotatable bonds is 6. The molecule has 0 bridgehead atoms. The van der Waals surface area contributed by atoms with Gasteiger partial charge < -0.3 is 4.98 Å². The molecule has 0 aliphatic heterocycles. The lowest BCUT2D eigenvalue weighted by Crippen LogP contribution is -2.18. The van der Waals surface area contributed by atoms with Crippen molar-refractivity contribution in [1.82, 2.24) is 10.4 Å². The third kappa shape index (κ3) is 4.77. The van der Waals surface area contributed by atoms with Gasteiger partial charge in [0.05, 0.1) is 11.1 Å². The number of aromatic amines is 1. The predicted molar refractivity (Wildman–Crippen MR) is 143 cm³/mol. The number of nitrogens with zero attached hydrogens (tertiary/aromatic N) is 2. The van der Waals surface area contributed by atoms with Crippen LogP contribution in [0.2, 0.25) is 0 Å². The summed E-state index contributed by atoms with van der Waals surface area (Å²) in [6, 6.07) is 25.7. The van der Waals surface area contributed by atoms with Gasteiger partial charge in [-0.15, -0.1) is 11.3 Å². The molecule has 3 aromatic carbocycles. The summed E-state index contributed by atoms with van der Waals surface area (Å²) in [5.74, 6) is -0.358. The Kier molecular flexibility index (Phi) is 6.26. The molecule has 35 heavy (non-hydrogen) atoms. The lowest BCUT2D eigenvalue weighted by molar-refractivity contribution is -0.384. The highest BCUT2D eigenvalue weighted by molar-refractivity contribution is 9.10. The van der Waals surface area contributed by atoms with E-state index in [1.165, 1.54) is 23.5 Å². The molecule has 2 aromatic heterocycles. The highest BCUT2D eigenvalue weighted by Gasteiger charge is 2.19. The van der Waals surface area contributed by atoms with Crippen LogP contribution in [0.25, 0.3) is 32.5 Å². The quantitative estimate of drug-likeness (QED) is 0.137. The molecule has 0 unspecified atom stereocenters. The normalized spacial score (nSPS) is 11.2. The van der Waals surface area contributed by atoms with E-state index in [4.69, 9.17) is 0 Å². The van der Waals surface area contributed by atoms with Crippen LogP contribution in [-0.4, -0.2) is 22.0 Å². The van der Waals surface area contributed by atoms with Gasteiger partial charge in [0.25, 0.3) is 11.6 Å². The van der Waals surface area contributed by atoms with Gasteiger partial charge in [0.2, 0.25) is 0 Å². The first-order valence-electron chi connectivity index (χ1n) is 10.5. The first-order valence-corrected chi connectivity index (χ1v) is 12.2. The van der Waals surface area contributed by atoms with E-state index < -0.39 is 4.92 Å². The van der Waals surface area contributed by atoms with E-state index in [-0.39, 0.29) is 11.6 Å². The maximum Gasteiger partial charge on any atom is 0.288 e. The molecule has 9 heteroatoms. The van der Waals surface area contributed by atoms with Crippen LogP contribution in [-0.2, 0) is 0 Å². The molecular weight excluding hydrogens is 528 g/mol. The Balaban J connectivity index is 1.39. The van der Waals surface area contributed by atoms with Gasteiger partial charge in [0.15, 0.2) is 0 Å². The number of hydrogen-bond acceptors (Lipinski definition) is 5. The second kappa shape index (κ2) is 9.65. The topological polar surface area (TPSA) is 100 Å². The van der Waals surface area contributed by atoms with Gasteiger partial charge >= 0.3 is 0 Å². The van der Waals surface area contributed by atoms with Crippen LogP contribution in [0.15, 0.2) is 94.5 Å². The second-order valence-electron chi connectivity index (χ2n) is 7.64. The number of thiophene rings is 1. The highest BCUT2D eigenvalue weighted by atomic mass is 79.9.